The molecule has 1 aromatic heterocycles. The number of nitrogens with zero attached hydrogens (tertiary/aromatic N) is 2. The predicted molar refractivity (Wildman–Crippen MR) is 87.3 cm³/mol. The molecule has 3 unspecified atom stereocenters. The van der Waals surface area contributed by atoms with Crippen LogP contribution in [0, 0.1) is 5.92 Å². The maximum absolute atomic E-state index is 5.86. The van der Waals surface area contributed by atoms with E-state index in [1.807, 2.05) is 23.5 Å². The molecule has 1 aliphatic heterocycles. The Hall–Kier alpha value is -0.200. The average Bonchev–Trinajstić information content (AvgIpc) is 2.94. The summed E-state index contributed by atoms with van der Waals surface area (Å²) in [5.74, 6) is 4.76. The zero-order valence-electron chi connectivity index (χ0n) is 12.5. The monoisotopic (exact) mass is 315 g/mol. The van der Waals surface area contributed by atoms with Crippen LogP contribution in [0.5, 0.6) is 0 Å². The Morgan fingerprint density at radius 3 is 2.75 bits per heavy atom. The standard InChI is InChI=1S/C14H25N3OS2/c1-4-11-12(20-6-5-19-11)13-16-14(18-17-13)10(8-15)7-9(2)3/h9-12H,4-8,15H2,1-3H3. The Morgan fingerprint density at radius 1 is 1.35 bits per heavy atom. The third-order valence-electron chi connectivity index (χ3n) is 3.55. The molecular formula is C14H25N3OS2. The summed E-state index contributed by atoms with van der Waals surface area (Å²) < 4.78 is 5.50. The van der Waals surface area contributed by atoms with E-state index in [4.69, 9.17) is 10.3 Å². The zero-order valence-corrected chi connectivity index (χ0v) is 14.2. The number of thioether (sulfide) groups is 2. The summed E-state index contributed by atoms with van der Waals surface area (Å²) in [4.78, 5) is 4.66. The highest BCUT2D eigenvalue weighted by Gasteiger charge is 2.31. The van der Waals surface area contributed by atoms with E-state index in [1.165, 1.54) is 11.5 Å². The lowest BCUT2D eigenvalue weighted by Crippen LogP contribution is -2.20. The molecule has 2 rings (SSSR count). The molecule has 6 heteroatoms. The van der Waals surface area contributed by atoms with Gasteiger partial charge in [-0.15, -0.1) is 11.8 Å². The van der Waals surface area contributed by atoms with Crippen LogP contribution in [0.4, 0.5) is 0 Å². The fourth-order valence-corrected chi connectivity index (χ4v) is 5.52. The Morgan fingerprint density at radius 2 is 2.10 bits per heavy atom. The molecular weight excluding hydrogens is 290 g/mol. The zero-order chi connectivity index (χ0) is 14.5. The van der Waals surface area contributed by atoms with Gasteiger partial charge in [-0.2, -0.15) is 16.7 Å². The van der Waals surface area contributed by atoms with Crippen molar-refractivity contribution < 1.29 is 4.52 Å². The summed E-state index contributed by atoms with van der Waals surface area (Å²) in [6, 6.07) is 0. The maximum atomic E-state index is 5.86. The molecule has 0 amide bonds. The van der Waals surface area contributed by atoms with Crippen molar-refractivity contribution in [3.8, 4) is 0 Å². The second kappa shape index (κ2) is 7.71. The number of nitrogens with two attached hydrogens (primary N) is 1. The van der Waals surface area contributed by atoms with Crippen LogP contribution in [0.15, 0.2) is 4.52 Å². The third kappa shape index (κ3) is 3.92. The van der Waals surface area contributed by atoms with Gasteiger partial charge in [-0.3, -0.25) is 0 Å². The molecule has 114 valence electrons. The van der Waals surface area contributed by atoms with Gasteiger partial charge in [-0.25, -0.2) is 0 Å². The first kappa shape index (κ1) is 16.2. The first-order valence-electron chi connectivity index (χ1n) is 7.42. The van der Waals surface area contributed by atoms with Crippen molar-refractivity contribution in [3.63, 3.8) is 0 Å². The lowest BCUT2D eigenvalue weighted by atomic mass is 9.97. The Kier molecular flexibility index (Phi) is 6.23. The van der Waals surface area contributed by atoms with Gasteiger partial charge in [0.1, 0.15) is 0 Å². The molecule has 0 aromatic carbocycles. The number of aromatic nitrogens is 2. The predicted octanol–water partition coefficient (Wildman–Crippen LogP) is 3.46. The summed E-state index contributed by atoms with van der Waals surface area (Å²) in [5.41, 5.74) is 5.86. The first-order chi connectivity index (χ1) is 9.65. The van der Waals surface area contributed by atoms with Crippen LogP contribution in [-0.4, -0.2) is 33.4 Å². The van der Waals surface area contributed by atoms with Crippen molar-refractivity contribution >= 4 is 23.5 Å². The van der Waals surface area contributed by atoms with Crippen LogP contribution < -0.4 is 5.73 Å². The Bertz CT molecular complexity index is 411. The van der Waals surface area contributed by atoms with Gasteiger partial charge >= 0.3 is 0 Å². The van der Waals surface area contributed by atoms with Crippen molar-refractivity contribution in [1.29, 1.82) is 0 Å². The summed E-state index contributed by atoms with van der Waals surface area (Å²) in [6.45, 7) is 7.20. The minimum absolute atomic E-state index is 0.192. The number of rotatable bonds is 6. The highest BCUT2D eigenvalue weighted by Crippen LogP contribution is 2.43. The van der Waals surface area contributed by atoms with Gasteiger partial charge in [0, 0.05) is 23.3 Å². The minimum Gasteiger partial charge on any atom is -0.339 e. The molecule has 4 nitrogen and oxygen atoms in total. The highest BCUT2D eigenvalue weighted by atomic mass is 32.2. The molecule has 0 spiro atoms. The van der Waals surface area contributed by atoms with E-state index < -0.39 is 0 Å². The molecule has 0 saturated carbocycles. The Balaban J connectivity index is 2.10. The molecule has 2 heterocycles. The summed E-state index contributed by atoms with van der Waals surface area (Å²) in [5, 5.41) is 5.21. The van der Waals surface area contributed by atoms with Crippen LogP contribution in [0.25, 0.3) is 0 Å². The van der Waals surface area contributed by atoms with Crippen LogP contribution in [0.3, 0.4) is 0 Å². The molecule has 1 saturated heterocycles. The second-order valence-corrected chi connectivity index (χ2v) is 8.26. The number of hydrogen-bond acceptors (Lipinski definition) is 6. The SMILES string of the molecule is CCC1SCCSC1c1noc(C(CN)CC(C)C)n1. The third-order valence-corrected chi connectivity index (χ3v) is 6.80. The van der Waals surface area contributed by atoms with Gasteiger partial charge in [-0.1, -0.05) is 25.9 Å². The van der Waals surface area contributed by atoms with Crippen LogP contribution in [0.1, 0.15) is 56.5 Å². The van der Waals surface area contributed by atoms with Crippen LogP contribution in [-0.2, 0) is 0 Å². The molecule has 1 aliphatic rings. The quantitative estimate of drug-likeness (QED) is 0.867. The fraction of sp³-hybridized carbons (Fsp3) is 0.857. The highest BCUT2D eigenvalue weighted by molar-refractivity contribution is 8.06. The van der Waals surface area contributed by atoms with Crippen molar-refractivity contribution in [3.05, 3.63) is 11.7 Å². The molecule has 3 atom stereocenters. The van der Waals surface area contributed by atoms with Crippen molar-refractivity contribution in [2.75, 3.05) is 18.1 Å². The smallest absolute Gasteiger partial charge is 0.231 e. The molecule has 0 bridgehead atoms. The van der Waals surface area contributed by atoms with Gasteiger partial charge in [-0.05, 0) is 18.8 Å². The molecule has 20 heavy (non-hydrogen) atoms. The van der Waals surface area contributed by atoms with E-state index in [0.717, 1.165) is 24.6 Å². The maximum Gasteiger partial charge on any atom is 0.231 e. The van der Waals surface area contributed by atoms with Gasteiger partial charge in [0.05, 0.1) is 11.2 Å². The minimum atomic E-state index is 0.192. The van der Waals surface area contributed by atoms with E-state index in [0.29, 0.717) is 23.0 Å². The van der Waals surface area contributed by atoms with Crippen molar-refractivity contribution in [2.24, 2.45) is 11.7 Å². The first-order valence-corrected chi connectivity index (χ1v) is 9.52. The fourth-order valence-electron chi connectivity index (χ4n) is 2.54. The van der Waals surface area contributed by atoms with Crippen LogP contribution in [0.2, 0.25) is 0 Å². The summed E-state index contributed by atoms with van der Waals surface area (Å²) in [6.07, 6.45) is 2.15. The molecule has 1 aromatic rings. The van der Waals surface area contributed by atoms with E-state index >= 15 is 0 Å². The molecule has 0 aliphatic carbocycles. The Labute approximate surface area is 130 Å². The van der Waals surface area contributed by atoms with E-state index in [1.54, 1.807) is 0 Å². The van der Waals surface area contributed by atoms with E-state index in [2.05, 4.69) is 30.9 Å². The van der Waals surface area contributed by atoms with Gasteiger partial charge in [0.25, 0.3) is 0 Å². The van der Waals surface area contributed by atoms with Gasteiger partial charge < -0.3 is 10.3 Å². The van der Waals surface area contributed by atoms with E-state index in [9.17, 15) is 0 Å². The van der Waals surface area contributed by atoms with E-state index in [-0.39, 0.29) is 5.92 Å². The number of hydrogen-bond donors (Lipinski definition) is 1. The van der Waals surface area contributed by atoms with Gasteiger partial charge in [0.2, 0.25) is 5.89 Å². The largest absolute Gasteiger partial charge is 0.339 e. The van der Waals surface area contributed by atoms with Crippen LogP contribution >= 0.6 is 23.5 Å². The lowest BCUT2D eigenvalue weighted by Gasteiger charge is -2.27. The summed E-state index contributed by atoms with van der Waals surface area (Å²) in [7, 11) is 0. The second-order valence-electron chi connectivity index (χ2n) is 5.66. The molecule has 2 N–H and O–H groups in total. The normalized spacial score (nSPS) is 25.1. The topological polar surface area (TPSA) is 64.9 Å². The summed E-state index contributed by atoms with van der Waals surface area (Å²) >= 11 is 3.99. The lowest BCUT2D eigenvalue weighted by molar-refractivity contribution is 0.331. The van der Waals surface area contributed by atoms with Gasteiger partial charge in [0.15, 0.2) is 5.82 Å². The molecule has 0 radical (unpaired) electrons. The average molecular weight is 316 g/mol. The van der Waals surface area contributed by atoms with Crippen molar-refractivity contribution in [2.45, 2.75) is 50.0 Å². The van der Waals surface area contributed by atoms with Crippen molar-refractivity contribution in [1.82, 2.24) is 10.1 Å². The molecule has 1 fully saturated rings.